The minimum absolute atomic E-state index is 0.0259. The van der Waals surface area contributed by atoms with Gasteiger partial charge in [-0.25, -0.2) is 13.2 Å². The van der Waals surface area contributed by atoms with E-state index in [4.69, 9.17) is 4.74 Å². The third-order valence-electron chi connectivity index (χ3n) is 5.02. The number of rotatable bonds is 3. The predicted octanol–water partition coefficient (Wildman–Crippen LogP) is 2.06. The van der Waals surface area contributed by atoms with Crippen LogP contribution in [-0.4, -0.2) is 51.9 Å². The Morgan fingerprint density at radius 2 is 1.79 bits per heavy atom. The van der Waals surface area contributed by atoms with Crippen LogP contribution in [0.2, 0.25) is 0 Å². The maximum absolute atomic E-state index is 13.1. The first kappa shape index (κ1) is 21.0. The first-order valence-corrected chi connectivity index (χ1v) is 10.5. The van der Waals surface area contributed by atoms with Crippen molar-refractivity contribution >= 4 is 33.5 Å². The highest BCUT2D eigenvalue weighted by atomic mass is 32.2. The number of nitro benzene ring substituents is 1. The summed E-state index contributed by atoms with van der Waals surface area (Å²) in [7, 11) is -3.91. The van der Waals surface area contributed by atoms with Gasteiger partial charge < -0.3 is 9.64 Å². The molecule has 0 spiro atoms. The molecule has 156 valence electrons. The van der Waals surface area contributed by atoms with E-state index >= 15 is 0 Å². The molecule has 0 N–H and O–H groups in total. The van der Waals surface area contributed by atoms with Crippen LogP contribution in [0, 0.1) is 10.1 Å². The number of hydrogen-bond donors (Lipinski definition) is 0. The first-order valence-electron chi connectivity index (χ1n) is 8.93. The molecule has 2 aliphatic rings. The number of esters is 1. The summed E-state index contributed by atoms with van der Waals surface area (Å²) in [4.78, 5) is 36.7. The maximum atomic E-state index is 13.1. The molecule has 0 aliphatic carbocycles. The molecule has 0 radical (unpaired) electrons. The van der Waals surface area contributed by atoms with Gasteiger partial charge in [0.15, 0.2) is 21.3 Å². The van der Waals surface area contributed by atoms with Crippen LogP contribution in [0.5, 0.6) is 0 Å². The van der Waals surface area contributed by atoms with Gasteiger partial charge in [-0.1, -0.05) is 0 Å². The summed E-state index contributed by atoms with van der Waals surface area (Å²) < 4.78 is 30.1. The number of nitro groups is 1. The van der Waals surface area contributed by atoms with Crippen LogP contribution in [0.15, 0.2) is 29.8 Å². The Kier molecular flexibility index (Phi) is 4.61. The second kappa shape index (κ2) is 6.38. The standard InChI is InChI=1S/C19H22N2O7S/c1-18(2,3)28-17(23)14-19(4,5)29(26,27)16-13(15(22)20(14)16)10-11-6-8-12(9-7-11)21(24)25/h6-10,14,16H,1-5H3/b13-10-/t14-,16+/m0/s1. The van der Waals surface area contributed by atoms with Gasteiger partial charge >= 0.3 is 5.97 Å². The lowest BCUT2D eigenvalue weighted by Crippen LogP contribution is -2.59. The van der Waals surface area contributed by atoms with Gasteiger partial charge in [0.25, 0.3) is 11.6 Å². The quantitative estimate of drug-likeness (QED) is 0.240. The van der Waals surface area contributed by atoms with Crippen LogP contribution in [0.4, 0.5) is 5.69 Å². The van der Waals surface area contributed by atoms with Crippen molar-refractivity contribution in [2.75, 3.05) is 0 Å². The van der Waals surface area contributed by atoms with Crippen LogP contribution in [0.3, 0.4) is 0 Å². The molecule has 0 saturated carbocycles. The van der Waals surface area contributed by atoms with Crippen LogP contribution >= 0.6 is 0 Å². The van der Waals surface area contributed by atoms with Crippen molar-refractivity contribution in [3.8, 4) is 0 Å². The molecule has 0 unspecified atom stereocenters. The van der Waals surface area contributed by atoms with E-state index < -0.39 is 48.4 Å². The van der Waals surface area contributed by atoms with Crippen LogP contribution in [0.1, 0.15) is 40.2 Å². The molecule has 0 bridgehead atoms. The molecule has 10 heteroatoms. The number of carbonyl (C=O) groups excluding carboxylic acids is 2. The predicted molar refractivity (Wildman–Crippen MR) is 104 cm³/mol. The summed E-state index contributed by atoms with van der Waals surface area (Å²) in [6.07, 6.45) is 1.39. The fourth-order valence-corrected chi connectivity index (χ4v) is 5.67. The SMILES string of the molecule is CC(C)(C)OC(=O)[C@@H]1N2C(=O)/C(=C/c3ccc([N+](=O)[O-])cc3)[C@H]2S(=O)(=O)C1(C)C. The Bertz CT molecular complexity index is 1030. The molecule has 2 atom stereocenters. The summed E-state index contributed by atoms with van der Waals surface area (Å²) in [5, 5.41) is 9.51. The molecule has 2 aliphatic heterocycles. The van der Waals surface area contributed by atoms with E-state index in [2.05, 4.69) is 0 Å². The van der Waals surface area contributed by atoms with Crippen molar-refractivity contribution < 1.29 is 27.7 Å². The van der Waals surface area contributed by atoms with E-state index in [1.807, 2.05) is 0 Å². The van der Waals surface area contributed by atoms with Crippen molar-refractivity contribution in [2.24, 2.45) is 0 Å². The second-order valence-corrected chi connectivity index (χ2v) is 11.2. The molecule has 1 amide bonds. The fourth-order valence-electron chi connectivity index (χ4n) is 3.55. The number of hydrogen-bond acceptors (Lipinski definition) is 7. The normalized spacial score (nSPS) is 26.0. The zero-order chi connectivity index (χ0) is 21.9. The second-order valence-electron chi connectivity index (χ2n) is 8.60. The molecule has 9 nitrogen and oxygen atoms in total. The number of benzene rings is 1. The molecule has 2 fully saturated rings. The minimum Gasteiger partial charge on any atom is -0.458 e. The van der Waals surface area contributed by atoms with Crippen molar-refractivity contribution in [2.45, 2.75) is 56.4 Å². The van der Waals surface area contributed by atoms with Gasteiger partial charge in [-0.05, 0) is 58.4 Å². The molecule has 2 saturated heterocycles. The highest BCUT2D eigenvalue weighted by Crippen LogP contribution is 2.49. The summed E-state index contributed by atoms with van der Waals surface area (Å²) in [6.45, 7) is 7.81. The van der Waals surface area contributed by atoms with E-state index in [9.17, 15) is 28.1 Å². The Morgan fingerprint density at radius 3 is 2.28 bits per heavy atom. The van der Waals surface area contributed by atoms with Gasteiger partial charge in [0, 0.05) is 12.1 Å². The third-order valence-corrected chi connectivity index (χ3v) is 7.78. The first-order chi connectivity index (χ1) is 13.2. The largest absolute Gasteiger partial charge is 0.458 e. The summed E-state index contributed by atoms with van der Waals surface area (Å²) in [5.41, 5.74) is -0.473. The summed E-state index contributed by atoms with van der Waals surface area (Å²) in [5.74, 6) is -1.34. The Labute approximate surface area is 168 Å². The number of β-lactam (4-membered cyclic amide) rings is 1. The van der Waals surface area contributed by atoms with Crippen molar-refractivity contribution in [1.82, 2.24) is 4.90 Å². The number of ether oxygens (including phenoxy) is 1. The molecule has 3 rings (SSSR count). The highest BCUT2D eigenvalue weighted by Gasteiger charge is 2.70. The smallest absolute Gasteiger partial charge is 0.331 e. The van der Waals surface area contributed by atoms with Gasteiger partial charge in [-0.2, -0.15) is 0 Å². The van der Waals surface area contributed by atoms with Crippen molar-refractivity contribution in [3.63, 3.8) is 0 Å². The minimum atomic E-state index is -3.91. The molecule has 1 aromatic rings. The molecule has 0 aromatic heterocycles. The Balaban J connectivity index is 1.99. The topological polar surface area (TPSA) is 124 Å². The molecule has 29 heavy (non-hydrogen) atoms. The summed E-state index contributed by atoms with van der Waals surface area (Å²) >= 11 is 0. The zero-order valence-corrected chi connectivity index (χ0v) is 17.5. The van der Waals surface area contributed by atoms with E-state index in [0.29, 0.717) is 5.56 Å². The Morgan fingerprint density at radius 1 is 1.24 bits per heavy atom. The molecule has 1 aromatic carbocycles. The number of sulfone groups is 1. The lowest BCUT2D eigenvalue weighted by Gasteiger charge is -2.39. The third kappa shape index (κ3) is 3.21. The van der Waals surface area contributed by atoms with Gasteiger partial charge in [0.05, 0.1) is 10.5 Å². The van der Waals surface area contributed by atoms with Crippen molar-refractivity contribution in [3.05, 3.63) is 45.5 Å². The van der Waals surface area contributed by atoms with Gasteiger partial charge in [-0.3, -0.25) is 14.9 Å². The van der Waals surface area contributed by atoms with E-state index in [1.165, 1.54) is 44.2 Å². The lowest BCUT2D eigenvalue weighted by molar-refractivity contribution is -0.384. The number of non-ortho nitro benzene ring substituents is 1. The maximum Gasteiger partial charge on any atom is 0.331 e. The summed E-state index contributed by atoms with van der Waals surface area (Å²) in [6, 6.07) is 4.14. The van der Waals surface area contributed by atoms with E-state index in [-0.39, 0.29) is 11.3 Å². The molecule has 2 heterocycles. The number of carbonyl (C=O) groups is 2. The van der Waals surface area contributed by atoms with Crippen LogP contribution < -0.4 is 0 Å². The highest BCUT2D eigenvalue weighted by molar-refractivity contribution is 7.94. The van der Waals surface area contributed by atoms with E-state index in [1.54, 1.807) is 20.8 Å². The molecular formula is C19H22N2O7S. The fraction of sp³-hybridized carbons (Fsp3) is 0.474. The van der Waals surface area contributed by atoms with E-state index in [0.717, 1.165) is 4.90 Å². The van der Waals surface area contributed by atoms with Gasteiger partial charge in [0.2, 0.25) is 0 Å². The molecular weight excluding hydrogens is 400 g/mol. The van der Waals surface area contributed by atoms with Crippen molar-refractivity contribution in [1.29, 1.82) is 0 Å². The zero-order valence-electron chi connectivity index (χ0n) is 16.7. The average molecular weight is 422 g/mol. The lowest BCUT2D eigenvalue weighted by atomic mass is 9.94. The van der Waals surface area contributed by atoms with Gasteiger partial charge in [0.1, 0.15) is 10.3 Å². The average Bonchev–Trinajstić information content (AvgIpc) is 2.72. The number of nitrogens with zero attached hydrogens (tertiary/aromatic N) is 2. The Hall–Kier alpha value is -2.75. The van der Waals surface area contributed by atoms with Crippen LogP contribution in [-0.2, 0) is 24.2 Å². The number of amides is 1. The van der Waals surface area contributed by atoms with Gasteiger partial charge in [-0.15, -0.1) is 0 Å². The van der Waals surface area contributed by atoms with Crippen LogP contribution in [0.25, 0.3) is 6.08 Å². The monoisotopic (exact) mass is 422 g/mol. The number of fused-ring (bicyclic) bond motifs is 1.